The van der Waals surface area contributed by atoms with Crippen molar-refractivity contribution in [1.29, 1.82) is 0 Å². The summed E-state index contributed by atoms with van der Waals surface area (Å²) in [5.74, 6) is 1.23. The summed E-state index contributed by atoms with van der Waals surface area (Å²) in [6.45, 7) is 8.80. The highest BCUT2D eigenvalue weighted by Crippen LogP contribution is 2.65. The zero-order chi connectivity index (χ0) is 17.1. The molecule has 140 valence electrons. The van der Waals surface area contributed by atoms with Gasteiger partial charge in [0, 0.05) is 38.3 Å². The first-order valence-electron chi connectivity index (χ1n) is 9.32. The Balaban J connectivity index is 0.00000182. The second-order valence-corrected chi connectivity index (χ2v) is 8.99. The summed E-state index contributed by atoms with van der Waals surface area (Å²) in [5.41, 5.74) is 1.74. The number of aryl methyl sites for hydroxylation is 1. The lowest BCUT2D eigenvalue weighted by molar-refractivity contribution is -0.126. The number of hydrogen-bond acceptors (Lipinski definition) is 3. The highest BCUT2D eigenvalue weighted by atomic mass is 35.5. The average molecular weight is 367 g/mol. The minimum absolute atomic E-state index is 0. The van der Waals surface area contributed by atoms with Crippen LogP contribution in [-0.2, 0) is 11.8 Å². The number of hydrogen-bond donors (Lipinski definition) is 2. The molecule has 2 aliphatic carbocycles. The van der Waals surface area contributed by atoms with E-state index >= 15 is 0 Å². The van der Waals surface area contributed by atoms with Crippen LogP contribution in [-0.4, -0.2) is 34.8 Å². The highest BCUT2D eigenvalue weighted by molar-refractivity contribution is 5.85. The number of halogens is 1. The number of carbonyl (C=O) groups excluding carboxylic acids is 1. The molecule has 5 nitrogen and oxygen atoms in total. The normalized spacial score (nSPS) is 38.6. The maximum Gasteiger partial charge on any atom is 0.225 e. The van der Waals surface area contributed by atoms with Gasteiger partial charge in [-0.1, -0.05) is 20.8 Å². The molecule has 1 aromatic heterocycles. The molecule has 25 heavy (non-hydrogen) atoms. The number of rotatable bonds is 3. The van der Waals surface area contributed by atoms with Crippen LogP contribution < -0.4 is 10.6 Å². The maximum absolute atomic E-state index is 13.0. The molecule has 6 heteroatoms. The van der Waals surface area contributed by atoms with Crippen LogP contribution in [0, 0.1) is 22.7 Å². The maximum atomic E-state index is 13.0. The Bertz CT molecular complexity index is 658. The molecule has 2 N–H and O–H groups in total. The third-order valence-electron chi connectivity index (χ3n) is 7.81. The molecule has 4 rings (SSSR count). The molecule has 2 bridgehead atoms. The van der Waals surface area contributed by atoms with Gasteiger partial charge in [0.1, 0.15) is 0 Å². The van der Waals surface area contributed by atoms with Crippen LogP contribution in [0.25, 0.3) is 0 Å². The topological polar surface area (TPSA) is 59.0 Å². The molecule has 0 aromatic carbocycles. The van der Waals surface area contributed by atoms with Crippen LogP contribution in [0.1, 0.15) is 51.5 Å². The Hall–Kier alpha value is -1.07. The van der Waals surface area contributed by atoms with Gasteiger partial charge in [-0.2, -0.15) is 5.10 Å². The summed E-state index contributed by atoms with van der Waals surface area (Å²) in [4.78, 5) is 13.0. The van der Waals surface area contributed by atoms with Crippen LogP contribution in [0.3, 0.4) is 0 Å². The van der Waals surface area contributed by atoms with E-state index in [9.17, 15) is 4.79 Å². The summed E-state index contributed by atoms with van der Waals surface area (Å²) in [5, 5.41) is 11.1. The Kier molecular flexibility index (Phi) is 4.70. The lowest BCUT2D eigenvalue weighted by Gasteiger charge is -2.40. The van der Waals surface area contributed by atoms with Gasteiger partial charge in [-0.25, -0.2) is 0 Å². The quantitative estimate of drug-likeness (QED) is 0.864. The second kappa shape index (κ2) is 6.27. The fraction of sp³-hybridized carbons (Fsp3) is 0.789. The van der Waals surface area contributed by atoms with Crippen molar-refractivity contribution in [3.05, 3.63) is 18.0 Å². The number of nitrogens with one attached hydrogen (secondary N) is 2. The van der Waals surface area contributed by atoms with Crippen molar-refractivity contribution < 1.29 is 4.79 Å². The van der Waals surface area contributed by atoms with Gasteiger partial charge in [-0.3, -0.25) is 9.48 Å². The number of carbonyl (C=O) groups is 1. The molecule has 3 unspecified atom stereocenters. The number of nitrogens with zero attached hydrogens (tertiary/aromatic N) is 2. The van der Waals surface area contributed by atoms with Gasteiger partial charge < -0.3 is 10.6 Å². The van der Waals surface area contributed by atoms with Crippen molar-refractivity contribution in [2.75, 3.05) is 13.1 Å². The Morgan fingerprint density at radius 2 is 2.12 bits per heavy atom. The molecule has 1 aromatic rings. The van der Waals surface area contributed by atoms with Crippen molar-refractivity contribution in [2.45, 2.75) is 52.0 Å². The lowest BCUT2D eigenvalue weighted by atomic mass is 9.69. The van der Waals surface area contributed by atoms with Crippen molar-refractivity contribution in [3.63, 3.8) is 0 Å². The van der Waals surface area contributed by atoms with Gasteiger partial charge in [0.2, 0.25) is 5.91 Å². The molecular weight excluding hydrogens is 336 g/mol. The third kappa shape index (κ3) is 2.71. The molecule has 2 saturated carbocycles. The van der Waals surface area contributed by atoms with Crippen LogP contribution in [0.2, 0.25) is 0 Å². The monoisotopic (exact) mass is 366 g/mol. The first-order valence-corrected chi connectivity index (χ1v) is 9.32. The Labute approximate surface area is 156 Å². The minimum Gasteiger partial charge on any atom is -0.352 e. The van der Waals surface area contributed by atoms with E-state index in [0.717, 1.165) is 25.4 Å². The fourth-order valence-corrected chi connectivity index (χ4v) is 5.64. The molecule has 1 aliphatic heterocycles. The molecule has 0 radical (unpaired) electrons. The molecule has 1 amide bonds. The van der Waals surface area contributed by atoms with Crippen LogP contribution in [0.4, 0.5) is 0 Å². The van der Waals surface area contributed by atoms with Crippen LogP contribution in [0.15, 0.2) is 12.4 Å². The molecule has 3 aliphatic rings. The van der Waals surface area contributed by atoms with Gasteiger partial charge in [0.25, 0.3) is 0 Å². The standard InChI is InChI=1S/C19H30N4O.ClH/c1-18(2)13-5-6-19(18,3)16(7-13)22-17(24)15-10-20-9-14(15)12-8-21-23(4)11-12;/h8,11,13-16,20H,5-7,9-10H2,1-4H3,(H,22,24);1H/t13?,14-,15+,16?,19?;/m1./s1. The van der Waals surface area contributed by atoms with E-state index < -0.39 is 0 Å². The van der Waals surface area contributed by atoms with Crippen molar-refractivity contribution in [2.24, 2.45) is 29.7 Å². The van der Waals surface area contributed by atoms with E-state index in [1.807, 2.05) is 24.1 Å². The third-order valence-corrected chi connectivity index (χ3v) is 7.81. The summed E-state index contributed by atoms with van der Waals surface area (Å²) < 4.78 is 1.82. The zero-order valence-corrected chi connectivity index (χ0v) is 16.5. The minimum atomic E-state index is 0. The first kappa shape index (κ1) is 18.7. The number of amides is 1. The van der Waals surface area contributed by atoms with E-state index in [1.54, 1.807) is 0 Å². The van der Waals surface area contributed by atoms with E-state index in [1.165, 1.54) is 18.4 Å². The molecule has 5 atom stereocenters. The van der Waals surface area contributed by atoms with E-state index in [-0.39, 0.29) is 35.6 Å². The SMILES string of the molecule is Cl.Cn1cc([C@H]2CNC[C@@H]2C(=O)NC2CC3CCC2(C)C3(C)C)cn1. The largest absolute Gasteiger partial charge is 0.352 e. The molecule has 2 heterocycles. The summed E-state index contributed by atoms with van der Waals surface area (Å²) in [6, 6.07) is 0.328. The highest BCUT2D eigenvalue weighted by Gasteiger charge is 2.61. The van der Waals surface area contributed by atoms with E-state index in [2.05, 4.69) is 36.5 Å². The molecular formula is C19H31ClN4O. The zero-order valence-electron chi connectivity index (χ0n) is 15.7. The number of fused-ring (bicyclic) bond motifs is 2. The lowest BCUT2D eigenvalue weighted by Crippen LogP contribution is -2.49. The Morgan fingerprint density at radius 1 is 1.36 bits per heavy atom. The summed E-state index contributed by atoms with van der Waals surface area (Å²) in [7, 11) is 1.93. The fourth-order valence-electron chi connectivity index (χ4n) is 5.64. The van der Waals surface area contributed by atoms with Gasteiger partial charge in [-0.15, -0.1) is 12.4 Å². The predicted molar refractivity (Wildman–Crippen MR) is 101 cm³/mol. The Morgan fingerprint density at radius 3 is 2.68 bits per heavy atom. The molecule has 3 fully saturated rings. The predicted octanol–water partition coefficient (Wildman–Crippen LogP) is 2.48. The second-order valence-electron chi connectivity index (χ2n) is 8.99. The smallest absolute Gasteiger partial charge is 0.225 e. The van der Waals surface area contributed by atoms with Crippen LogP contribution in [0.5, 0.6) is 0 Å². The van der Waals surface area contributed by atoms with E-state index in [4.69, 9.17) is 0 Å². The van der Waals surface area contributed by atoms with Gasteiger partial charge >= 0.3 is 0 Å². The number of aromatic nitrogens is 2. The molecule has 1 saturated heterocycles. The summed E-state index contributed by atoms with van der Waals surface area (Å²) in [6.07, 6.45) is 7.65. The van der Waals surface area contributed by atoms with Gasteiger partial charge in [0.15, 0.2) is 0 Å². The van der Waals surface area contributed by atoms with Crippen molar-refractivity contribution in [1.82, 2.24) is 20.4 Å². The van der Waals surface area contributed by atoms with Crippen molar-refractivity contribution >= 4 is 18.3 Å². The average Bonchev–Trinajstić information content (AvgIpc) is 3.24. The van der Waals surface area contributed by atoms with Gasteiger partial charge in [0.05, 0.1) is 12.1 Å². The van der Waals surface area contributed by atoms with Gasteiger partial charge in [-0.05, 0) is 41.6 Å². The van der Waals surface area contributed by atoms with E-state index in [0.29, 0.717) is 11.5 Å². The van der Waals surface area contributed by atoms with Crippen molar-refractivity contribution in [3.8, 4) is 0 Å². The first-order chi connectivity index (χ1) is 11.3. The van der Waals surface area contributed by atoms with Crippen LogP contribution >= 0.6 is 12.4 Å². The summed E-state index contributed by atoms with van der Waals surface area (Å²) >= 11 is 0. The molecule has 0 spiro atoms.